The summed E-state index contributed by atoms with van der Waals surface area (Å²) in [6.07, 6.45) is 6.84. The van der Waals surface area contributed by atoms with Crippen molar-refractivity contribution in [1.82, 2.24) is 0 Å². The summed E-state index contributed by atoms with van der Waals surface area (Å²) >= 11 is 0. The fourth-order valence-corrected chi connectivity index (χ4v) is 3.07. The van der Waals surface area contributed by atoms with E-state index < -0.39 is 0 Å². The zero-order valence-electron chi connectivity index (χ0n) is 12.2. The fraction of sp³-hybridized carbons (Fsp3) is 0.647. The molecule has 100 valence electrons. The van der Waals surface area contributed by atoms with Crippen LogP contribution in [0.15, 0.2) is 24.3 Å². The molecule has 0 spiro atoms. The molecule has 0 aliphatic carbocycles. The van der Waals surface area contributed by atoms with Gasteiger partial charge in [0.2, 0.25) is 0 Å². The number of hydrogen-bond donors (Lipinski definition) is 0. The number of anilines is 1. The molecular formula is C17H27N. The quantitative estimate of drug-likeness (QED) is 0.653. The molecule has 0 unspecified atom stereocenters. The van der Waals surface area contributed by atoms with Crippen LogP contribution in [-0.2, 0) is 5.41 Å². The number of rotatable bonds is 6. The molecule has 0 aromatic heterocycles. The van der Waals surface area contributed by atoms with E-state index in [2.05, 4.69) is 49.9 Å². The molecule has 1 nitrogen and oxygen atoms in total. The number of unbranched alkanes of at least 4 members (excludes halogenated alkanes) is 4. The highest BCUT2D eigenvalue weighted by molar-refractivity contribution is 5.61. The standard InChI is InChI=1S/C17H27N/c1-4-5-6-7-10-13-18-14-17(2,3)15-11-8-9-12-16(15)18/h8-9,11-12H,4-7,10,13-14H2,1-3H3. The van der Waals surface area contributed by atoms with E-state index >= 15 is 0 Å². The Bertz CT molecular complexity index is 381. The number of nitrogens with zero attached hydrogens (tertiary/aromatic N) is 1. The van der Waals surface area contributed by atoms with Gasteiger partial charge in [-0.2, -0.15) is 0 Å². The zero-order chi connectivity index (χ0) is 13.0. The maximum absolute atomic E-state index is 2.58. The molecule has 1 aromatic rings. The van der Waals surface area contributed by atoms with Gasteiger partial charge < -0.3 is 4.90 Å². The molecule has 2 rings (SSSR count). The van der Waals surface area contributed by atoms with E-state index in [1.54, 1.807) is 0 Å². The minimum Gasteiger partial charge on any atom is -0.370 e. The first kappa shape index (κ1) is 13.5. The van der Waals surface area contributed by atoms with Gasteiger partial charge in [-0.15, -0.1) is 0 Å². The zero-order valence-corrected chi connectivity index (χ0v) is 12.2. The maximum atomic E-state index is 2.58. The van der Waals surface area contributed by atoms with Crippen LogP contribution in [0.4, 0.5) is 5.69 Å². The highest BCUT2D eigenvalue weighted by Gasteiger charge is 2.33. The fourth-order valence-electron chi connectivity index (χ4n) is 3.07. The van der Waals surface area contributed by atoms with Crippen LogP contribution in [0.2, 0.25) is 0 Å². The van der Waals surface area contributed by atoms with Gasteiger partial charge >= 0.3 is 0 Å². The summed E-state index contributed by atoms with van der Waals surface area (Å²) in [5.74, 6) is 0. The monoisotopic (exact) mass is 245 g/mol. The third-order valence-electron chi connectivity index (χ3n) is 4.09. The van der Waals surface area contributed by atoms with Crippen molar-refractivity contribution in [1.29, 1.82) is 0 Å². The lowest BCUT2D eigenvalue weighted by molar-refractivity contribution is 0.539. The Labute approximate surface area is 112 Å². The average molecular weight is 245 g/mol. The van der Waals surface area contributed by atoms with E-state index in [1.165, 1.54) is 56.4 Å². The molecule has 0 saturated heterocycles. The van der Waals surface area contributed by atoms with E-state index in [1.807, 2.05) is 0 Å². The minimum absolute atomic E-state index is 0.319. The van der Waals surface area contributed by atoms with Crippen LogP contribution >= 0.6 is 0 Å². The smallest absolute Gasteiger partial charge is 0.0405 e. The predicted octanol–water partition coefficient (Wildman–Crippen LogP) is 4.75. The molecule has 1 heteroatoms. The lowest BCUT2D eigenvalue weighted by atomic mass is 9.87. The van der Waals surface area contributed by atoms with E-state index in [9.17, 15) is 0 Å². The molecule has 0 radical (unpaired) electrons. The second kappa shape index (κ2) is 5.77. The second-order valence-corrected chi connectivity index (χ2v) is 6.24. The van der Waals surface area contributed by atoms with Crippen LogP contribution in [0.3, 0.4) is 0 Å². The molecular weight excluding hydrogens is 218 g/mol. The molecule has 1 aliphatic rings. The Morgan fingerprint density at radius 2 is 1.78 bits per heavy atom. The molecule has 1 aliphatic heterocycles. The molecule has 1 aromatic carbocycles. The van der Waals surface area contributed by atoms with Gasteiger partial charge in [0.1, 0.15) is 0 Å². The summed E-state index contributed by atoms with van der Waals surface area (Å²) in [7, 11) is 0. The van der Waals surface area contributed by atoms with Crippen molar-refractivity contribution in [3.05, 3.63) is 29.8 Å². The van der Waals surface area contributed by atoms with Crippen molar-refractivity contribution in [2.45, 2.75) is 58.3 Å². The van der Waals surface area contributed by atoms with Gasteiger partial charge in [0.15, 0.2) is 0 Å². The summed E-state index contributed by atoms with van der Waals surface area (Å²) < 4.78 is 0. The Hall–Kier alpha value is -0.980. The summed E-state index contributed by atoms with van der Waals surface area (Å²) in [5.41, 5.74) is 3.32. The number of fused-ring (bicyclic) bond motifs is 1. The van der Waals surface area contributed by atoms with E-state index in [4.69, 9.17) is 0 Å². The Morgan fingerprint density at radius 1 is 1.06 bits per heavy atom. The van der Waals surface area contributed by atoms with Gasteiger partial charge in [-0.3, -0.25) is 0 Å². The van der Waals surface area contributed by atoms with E-state index in [-0.39, 0.29) is 0 Å². The molecule has 18 heavy (non-hydrogen) atoms. The predicted molar refractivity (Wildman–Crippen MR) is 80.4 cm³/mol. The van der Waals surface area contributed by atoms with Crippen molar-refractivity contribution in [2.75, 3.05) is 18.0 Å². The van der Waals surface area contributed by atoms with Crippen LogP contribution in [0.25, 0.3) is 0 Å². The van der Waals surface area contributed by atoms with Gasteiger partial charge in [-0.1, -0.05) is 64.7 Å². The maximum Gasteiger partial charge on any atom is 0.0405 e. The van der Waals surface area contributed by atoms with Crippen molar-refractivity contribution in [2.24, 2.45) is 0 Å². The van der Waals surface area contributed by atoms with Gasteiger partial charge in [0, 0.05) is 24.2 Å². The molecule has 0 amide bonds. The third kappa shape index (κ3) is 2.88. The number of para-hydroxylation sites is 1. The third-order valence-corrected chi connectivity index (χ3v) is 4.09. The highest BCUT2D eigenvalue weighted by Crippen LogP contribution is 2.40. The largest absolute Gasteiger partial charge is 0.370 e. The van der Waals surface area contributed by atoms with Gasteiger partial charge in [-0.05, 0) is 18.1 Å². The normalized spacial score (nSPS) is 16.9. The van der Waals surface area contributed by atoms with Crippen LogP contribution in [0, 0.1) is 0 Å². The summed E-state index contributed by atoms with van der Waals surface area (Å²) in [5, 5.41) is 0. The van der Waals surface area contributed by atoms with E-state index in [0.29, 0.717) is 5.41 Å². The molecule has 0 fully saturated rings. The first-order valence-corrected chi connectivity index (χ1v) is 7.49. The molecule has 0 N–H and O–H groups in total. The molecule has 0 atom stereocenters. The number of benzene rings is 1. The average Bonchev–Trinajstić information content (AvgIpc) is 2.62. The molecule has 1 heterocycles. The topological polar surface area (TPSA) is 3.24 Å². The van der Waals surface area contributed by atoms with Crippen LogP contribution in [0.1, 0.15) is 58.4 Å². The van der Waals surface area contributed by atoms with Crippen molar-refractivity contribution >= 4 is 5.69 Å². The summed E-state index contributed by atoms with van der Waals surface area (Å²) in [6, 6.07) is 8.93. The van der Waals surface area contributed by atoms with Crippen molar-refractivity contribution in [3.8, 4) is 0 Å². The SMILES string of the molecule is CCCCCCCN1CC(C)(C)c2ccccc21. The van der Waals surface area contributed by atoms with Crippen LogP contribution in [-0.4, -0.2) is 13.1 Å². The number of hydrogen-bond acceptors (Lipinski definition) is 1. The Balaban J connectivity index is 1.92. The lowest BCUT2D eigenvalue weighted by Gasteiger charge is -2.22. The summed E-state index contributed by atoms with van der Waals surface area (Å²) in [6.45, 7) is 9.41. The second-order valence-electron chi connectivity index (χ2n) is 6.24. The van der Waals surface area contributed by atoms with Gasteiger partial charge in [-0.25, -0.2) is 0 Å². The lowest BCUT2D eigenvalue weighted by Crippen LogP contribution is -2.29. The van der Waals surface area contributed by atoms with Gasteiger partial charge in [0.25, 0.3) is 0 Å². The molecule has 0 bridgehead atoms. The Kier molecular flexibility index (Phi) is 4.31. The Morgan fingerprint density at radius 3 is 2.56 bits per heavy atom. The first-order chi connectivity index (χ1) is 8.65. The minimum atomic E-state index is 0.319. The van der Waals surface area contributed by atoms with Crippen molar-refractivity contribution < 1.29 is 0 Å². The van der Waals surface area contributed by atoms with E-state index in [0.717, 1.165) is 0 Å². The molecule has 0 saturated carbocycles. The first-order valence-electron chi connectivity index (χ1n) is 7.49. The summed E-state index contributed by atoms with van der Waals surface area (Å²) in [4.78, 5) is 2.58. The van der Waals surface area contributed by atoms with Crippen LogP contribution in [0.5, 0.6) is 0 Å². The van der Waals surface area contributed by atoms with Gasteiger partial charge in [0.05, 0.1) is 0 Å². The van der Waals surface area contributed by atoms with Crippen LogP contribution < -0.4 is 4.90 Å². The van der Waals surface area contributed by atoms with Crippen molar-refractivity contribution in [3.63, 3.8) is 0 Å². The highest BCUT2D eigenvalue weighted by atomic mass is 15.2.